The Kier molecular flexibility index (Phi) is 5.89. The first-order valence-corrected chi connectivity index (χ1v) is 10.1. The van der Waals surface area contributed by atoms with Crippen molar-refractivity contribution in [2.75, 3.05) is 12.8 Å². The number of amidine groups is 1. The number of benzene rings is 1. The molecule has 0 bridgehead atoms. The van der Waals surface area contributed by atoms with Crippen LogP contribution in [0.25, 0.3) is 0 Å². The molecule has 1 heterocycles. The number of aliphatic imine (C=N–C) groups is 1. The highest BCUT2D eigenvalue weighted by Gasteiger charge is 2.31. The quantitative estimate of drug-likeness (QED) is 0.788. The second-order valence-corrected chi connectivity index (χ2v) is 8.11. The number of halogens is 2. The van der Waals surface area contributed by atoms with E-state index in [0.29, 0.717) is 16.6 Å². The molecule has 1 aliphatic heterocycles. The maximum absolute atomic E-state index is 14.2. The molecule has 0 radical (unpaired) electrons. The average molecular weight is 384 g/mol. The molecule has 1 aliphatic carbocycles. The summed E-state index contributed by atoms with van der Waals surface area (Å²) in [6.45, 7) is 0. The summed E-state index contributed by atoms with van der Waals surface area (Å²) < 4.78 is 14.2. The zero-order valence-electron chi connectivity index (χ0n) is 14.3. The molecule has 1 aromatic rings. The van der Waals surface area contributed by atoms with E-state index >= 15 is 0 Å². The lowest BCUT2D eigenvalue weighted by atomic mass is 10.0. The third kappa shape index (κ3) is 4.11. The Morgan fingerprint density at radius 2 is 2.00 bits per heavy atom. The van der Waals surface area contributed by atoms with Crippen LogP contribution in [0.3, 0.4) is 0 Å². The molecule has 136 valence electrons. The van der Waals surface area contributed by atoms with Gasteiger partial charge in [0.15, 0.2) is 5.17 Å². The summed E-state index contributed by atoms with van der Waals surface area (Å²) in [6, 6.07) is 2.99. The zero-order chi connectivity index (χ0) is 18.0. The van der Waals surface area contributed by atoms with Crippen molar-refractivity contribution in [3.05, 3.63) is 34.1 Å². The van der Waals surface area contributed by atoms with Crippen LogP contribution in [0, 0.1) is 5.82 Å². The molecule has 1 saturated heterocycles. The van der Waals surface area contributed by atoms with Crippen molar-refractivity contribution in [1.82, 2.24) is 4.90 Å². The van der Waals surface area contributed by atoms with Crippen molar-refractivity contribution in [1.29, 1.82) is 0 Å². The third-order valence-electron chi connectivity index (χ3n) is 4.97. The summed E-state index contributed by atoms with van der Waals surface area (Å²) >= 11 is 7.98. The molecule has 1 saturated carbocycles. The Labute approximate surface area is 157 Å². The van der Waals surface area contributed by atoms with Crippen LogP contribution in [0.5, 0.6) is 0 Å². The predicted molar refractivity (Wildman–Crippen MR) is 102 cm³/mol. The fraction of sp³-hybridized carbons (Fsp3) is 0.556. The van der Waals surface area contributed by atoms with Gasteiger partial charge in [0, 0.05) is 17.8 Å². The second-order valence-electron chi connectivity index (χ2n) is 6.71. The molecular formula is C18H23ClFN3OS. The fourth-order valence-corrected chi connectivity index (χ4v) is 5.03. The fourth-order valence-electron chi connectivity index (χ4n) is 3.48. The minimum Gasteiger partial charge on any atom is -0.366 e. The molecular weight excluding hydrogens is 361 g/mol. The van der Waals surface area contributed by atoms with E-state index in [4.69, 9.17) is 22.3 Å². The smallest absolute Gasteiger partial charge is 0.251 e. The number of nitrogens with two attached hydrogens (primary N) is 1. The minimum atomic E-state index is -0.810. The van der Waals surface area contributed by atoms with E-state index in [9.17, 15) is 9.18 Å². The van der Waals surface area contributed by atoms with Crippen molar-refractivity contribution < 1.29 is 9.18 Å². The molecule has 7 heteroatoms. The summed E-state index contributed by atoms with van der Waals surface area (Å²) in [5.74, 6) is -0.674. The van der Waals surface area contributed by atoms with Crippen molar-refractivity contribution >= 4 is 34.4 Å². The lowest BCUT2D eigenvalue weighted by Gasteiger charge is -2.23. The number of nitrogens with zero attached hydrogens (tertiary/aromatic N) is 2. The summed E-state index contributed by atoms with van der Waals surface area (Å²) in [5.41, 5.74) is 5.68. The van der Waals surface area contributed by atoms with Crippen LogP contribution in [0.4, 0.5) is 4.39 Å². The highest BCUT2D eigenvalue weighted by Crippen LogP contribution is 2.38. The molecule has 1 unspecified atom stereocenters. The molecule has 4 nitrogen and oxygen atoms in total. The number of thioether (sulfide) groups is 1. The zero-order valence-corrected chi connectivity index (χ0v) is 15.9. The maximum atomic E-state index is 14.2. The van der Waals surface area contributed by atoms with Crippen LogP contribution in [0.2, 0.25) is 5.02 Å². The van der Waals surface area contributed by atoms with Crippen LogP contribution in [-0.4, -0.2) is 34.8 Å². The minimum absolute atomic E-state index is 0.0570. The van der Waals surface area contributed by atoms with E-state index in [-0.39, 0.29) is 11.6 Å². The number of amides is 1. The lowest BCUT2D eigenvalue weighted by molar-refractivity contribution is 0.0996. The van der Waals surface area contributed by atoms with Crippen molar-refractivity contribution in [2.45, 2.75) is 50.6 Å². The van der Waals surface area contributed by atoms with Gasteiger partial charge < -0.3 is 10.6 Å². The van der Waals surface area contributed by atoms with E-state index in [0.717, 1.165) is 23.8 Å². The van der Waals surface area contributed by atoms with E-state index in [1.807, 2.05) is 7.05 Å². The normalized spacial score (nSPS) is 23.9. The van der Waals surface area contributed by atoms with Gasteiger partial charge in [-0.25, -0.2) is 4.39 Å². The van der Waals surface area contributed by atoms with Gasteiger partial charge >= 0.3 is 0 Å². The first kappa shape index (κ1) is 18.5. The SMILES string of the molecule is CN1C(=NC2CCCCCC2)SCC1c1cc(F)c(C(N)=O)cc1Cl. The molecule has 1 aromatic carbocycles. The number of carbonyl (C=O) groups is 1. The van der Waals surface area contributed by atoms with Crippen LogP contribution in [0.1, 0.15) is 60.5 Å². The van der Waals surface area contributed by atoms with Crippen molar-refractivity contribution in [2.24, 2.45) is 10.7 Å². The summed E-state index contributed by atoms with van der Waals surface area (Å²) in [7, 11) is 1.97. The van der Waals surface area contributed by atoms with Gasteiger partial charge in [0.2, 0.25) is 0 Å². The highest BCUT2D eigenvalue weighted by atomic mass is 35.5. The van der Waals surface area contributed by atoms with Gasteiger partial charge in [-0.2, -0.15) is 0 Å². The summed E-state index contributed by atoms with van der Waals surface area (Å²) in [6.07, 6.45) is 7.37. The first-order chi connectivity index (χ1) is 12.0. The number of carbonyl (C=O) groups excluding carboxylic acids is 1. The molecule has 1 atom stereocenters. The summed E-state index contributed by atoms with van der Waals surface area (Å²) in [4.78, 5) is 18.3. The van der Waals surface area contributed by atoms with E-state index in [1.54, 1.807) is 11.8 Å². The third-order valence-corrected chi connectivity index (χ3v) is 6.43. The first-order valence-electron chi connectivity index (χ1n) is 8.69. The molecule has 2 aliphatic rings. The molecule has 2 fully saturated rings. The molecule has 0 aromatic heterocycles. The average Bonchev–Trinajstić information content (AvgIpc) is 2.76. The number of hydrogen-bond donors (Lipinski definition) is 1. The van der Waals surface area contributed by atoms with E-state index in [1.165, 1.54) is 37.8 Å². The summed E-state index contributed by atoms with van der Waals surface area (Å²) in [5, 5.41) is 1.36. The van der Waals surface area contributed by atoms with Crippen LogP contribution in [0.15, 0.2) is 17.1 Å². The van der Waals surface area contributed by atoms with Gasteiger partial charge in [0.25, 0.3) is 5.91 Å². The Hall–Kier alpha value is -1.27. The highest BCUT2D eigenvalue weighted by molar-refractivity contribution is 8.14. The Morgan fingerprint density at radius 3 is 2.64 bits per heavy atom. The van der Waals surface area contributed by atoms with Crippen molar-refractivity contribution in [3.8, 4) is 0 Å². The van der Waals surface area contributed by atoms with Gasteiger partial charge in [-0.3, -0.25) is 9.79 Å². The second kappa shape index (κ2) is 7.96. The number of primary amides is 1. The Morgan fingerprint density at radius 1 is 1.32 bits per heavy atom. The predicted octanol–water partition coefficient (Wildman–Crippen LogP) is 4.38. The largest absolute Gasteiger partial charge is 0.366 e. The van der Waals surface area contributed by atoms with Crippen molar-refractivity contribution in [3.63, 3.8) is 0 Å². The molecule has 0 spiro atoms. The number of hydrogen-bond acceptors (Lipinski definition) is 3. The Bertz CT molecular complexity index is 689. The lowest BCUT2D eigenvalue weighted by Crippen LogP contribution is -2.25. The van der Waals surface area contributed by atoms with Gasteiger partial charge in [-0.05, 0) is 30.5 Å². The topological polar surface area (TPSA) is 58.7 Å². The molecule has 25 heavy (non-hydrogen) atoms. The van der Waals surface area contributed by atoms with Crippen LogP contribution in [-0.2, 0) is 0 Å². The van der Waals surface area contributed by atoms with Gasteiger partial charge in [-0.15, -0.1) is 0 Å². The van der Waals surface area contributed by atoms with Crippen LogP contribution < -0.4 is 5.73 Å². The standard InChI is InChI=1S/C18H23ClFN3OS/c1-23-16(12-9-15(20)13(17(21)24)8-14(12)19)10-25-18(23)22-11-6-4-2-3-5-7-11/h8-9,11,16H,2-7,10H2,1H3,(H2,21,24). The van der Waals surface area contributed by atoms with Gasteiger partial charge in [0.1, 0.15) is 5.82 Å². The molecule has 1 amide bonds. The van der Waals surface area contributed by atoms with Crippen LogP contribution >= 0.6 is 23.4 Å². The van der Waals surface area contributed by atoms with Gasteiger partial charge in [0.05, 0.1) is 17.6 Å². The maximum Gasteiger partial charge on any atom is 0.251 e. The molecule has 2 N–H and O–H groups in total. The van der Waals surface area contributed by atoms with Gasteiger partial charge in [-0.1, -0.05) is 49.0 Å². The van der Waals surface area contributed by atoms with E-state index < -0.39 is 11.7 Å². The number of rotatable bonds is 3. The van der Waals surface area contributed by atoms with E-state index in [2.05, 4.69) is 4.90 Å². The monoisotopic (exact) mass is 383 g/mol. The molecule has 3 rings (SSSR count). The Balaban J connectivity index is 1.81.